The first kappa shape index (κ1) is 26.7. The summed E-state index contributed by atoms with van der Waals surface area (Å²) in [6.45, 7) is 3.84. The Hall–Kier alpha value is -3.92. The number of pyridine rings is 1. The number of likely N-dealkylation sites (tertiary alicyclic amines) is 1. The number of carbonyl (C=O) groups excluding carboxylic acids is 1. The van der Waals surface area contributed by atoms with Crippen LogP contribution in [0.4, 0.5) is 11.6 Å². The number of carbonyl (C=O) groups is 1. The quantitative estimate of drug-likeness (QED) is 0.450. The summed E-state index contributed by atoms with van der Waals surface area (Å²) in [5.74, 6) is 1.03. The normalized spacial score (nSPS) is 16.8. The summed E-state index contributed by atoms with van der Waals surface area (Å²) in [6, 6.07) is 5.43. The molecular formula is C29H36N6O4. The van der Waals surface area contributed by atoms with Crippen LogP contribution in [-0.4, -0.2) is 64.7 Å². The van der Waals surface area contributed by atoms with Gasteiger partial charge in [0.2, 0.25) is 5.95 Å². The van der Waals surface area contributed by atoms with Gasteiger partial charge in [-0.3, -0.25) is 9.59 Å². The number of hydrogen-bond donors (Lipinski definition) is 2. The van der Waals surface area contributed by atoms with Crippen LogP contribution >= 0.6 is 0 Å². The van der Waals surface area contributed by atoms with Crippen molar-refractivity contribution in [1.82, 2.24) is 24.8 Å². The van der Waals surface area contributed by atoms with Crippen molar-refractivity contribution in [2.45, 2.75) is 51.2 Å². The van der Waals surface area contributed by atoms with Crippen LogP contribution in [0.3, 0.4) is 0 Å². The van der Waals surface area contributed by atoms with Gasteiger partial charge >= 0.3 is 0 Å². The molecule has 1 saturated carbocycles. The van der Waals surface area contributed by atoms with Crippen molar-refractivity contribution in [2.75, 3.05) is 32.6 Å². The second-order valence-electron chi connectivity index (χ2n) is 10.3. The minimum absolute atomic E-state index is 0.0537. The lowest BCUT2D eigenvalue weighted by atomic mass is 9.96. The molecule has 0 radical (unpaired) electrons. The maximum Gasteiger partial charge on any atom is 0.293 e. The molecule has 2 aromatic heterocycles. The highest BCUT2D eigenvalue weighted by Crippen LogP contribution is 2.32. The third-order valence-electron chi connectivity index (χ3n) is 7.56. The number of hydrogen-bond acceptors (Lipinski definition) is 8. The van der Waals surface area contributed by atoms with E-state index in [1.807, 2.05) is 19.1 Å². The van der Waals surface area contributed by atoms with Crippen molar-refractivity contribution in [3.8, 4) is 11.5 Å². The van der Waals surface area contributed by atoms with E-state index in [4.69, 9.17) is 14.5 Å². The number of nitrogens with one attached hydrogen (secondary N) is 2. The lowest BCUT2D eigenvalue weighted by Gasteiger charge is -2.29. The van der Waals surface area contributed by atoms with Crippen molar-refractivity contribution in [3.05, 3.63) is 52.0 Å². The summed E-state index contributed by atoms with van der Waals surface area (Å²) in [6.07, 6.45) is 10.3. The van der Waals surface area contributed by atoms with Gasteiger partial charge in [0.25, 0.3) is 11.5 Å². The summed E-state index contributed by atoms with van der Waals surface area (Å²) < 4.78 is 13.2. The van der Waals surface area contributed by atoms with Gasteiger partial charge in [0, 0.05) is 18.7 Å². The molecule has 0 spiro atoms. The van der Waals surface area contributed by atoms with Crippen LogP contribution in [0.25, 0.3) is 17.1 Å². The Morgan fingerprint density at radius 3 is 2.59 bits per heavy atom. The van der Waals surface area contributed by atoms with Gasteiger partial charge in [-0.1, -0.05) is 12.2 Å². The standard InChI is InChI=1S/C29H36N6O4/c1-5-7-21-25-23(35(3)28(37)26(21)39-20-8-6-9-20)17-30-29(33-25)32-22-11-10-18(16-24(22)38-4)27(36)31-19-12-14-34(2)15-13-19/h5,7,10-11,16-17,19-20H,6,8-9,12-15H2,1-4H3,(H,31,36)(H,30,32,33). The number of piperidine rings is 1. The second kappa shape index (κ2) is 11.4. The van der Waals surface area contributed by atoms with E-state index in [2.05, 4.69) is 27.6 Å². The zero-order valence-corrected chi connectivity index (χ0v) is 23.0. The van der Waals surface area contributed by atoms with E-state index in [0.717, 1.165) is 45.2 Å². The first-order chi connectivity index (χ1) is 18.9. The third-order valence-corrected chi connectivity index (χ3v) is 7.56. The van der Waals surface area contributed by atoms with Crippen molar-refractivity contribution < 1.29 is 14.3 Å². The van der Waals surface area contributed by atoms with Crippen LogP contribution in [0, 0.1) is 0 Å². The van der Waals surface area contributed by atoms with E-state index in [1.54, 1.807) is 38.6 Å². The number of ether oxygens (including phenoxy) is 2. The summed E-state index contributed by atoms with van der Waals surface area (Å²) in [5.41, 5.74) is 2.79. The molecule has 1 aromatic carbocycles. The number of aromatic nitrogens is 3. The molecule has 3 heterocycles. The van der Waals surface area contributed by atoms with Gasteiger partial charge in [0.1, 0.15) is 11.3 Å². The minimum Gasteiger partial charge on any atom is -0.495 e. The van der Waals surface area contributed by atoms with E-state index in [9.17, 15) is 9.59 Å². The Labute approximate surface area is 228 Å². The molecular weight excluding hydrogens is 496 g/mol. The predicted molar refractivity (Wildman–Crippen MR) is 152 cm³/mol. The maximum absolute atomic E-state index is 13.1. The van der Waals surface area contributed by atoms with Gasteiger partial charge in [0.05, 0.1) is 36.2 Å². The molecule has 5 rings (SSSR count). The topological polar surface area (TPSA) is 111 Å². The Kier molecular flexibility index (Phi) is 7.83. The second-order valence-corrected chi connectivity index (χ2v) is 10.3. The van der Waals surface area contributed by atoms with Crippen molar-refractivity contribution >= 4 is 34.7 Å². The van der Waals surface area contributed by atoms with Crippen LogP contribution in [0.5, 0.6) is 11.5 Å². The number of anilines is 2. The number of benzene rings is 1. The molecule has 10 nitrogen and oxygen atoms in total. The number of aryl methyl sites for hydroxylation is 1. The Morgan fingerprint density at radius 1 is 1.15 bits per heavy atom. The molecule has 1 aliphatic heterocycles. The molecule has 0 atom stereocenters. The van der Waals surface area contributed by atoms with E-state index < -0.39 is 0 Å². The van der Waals surface area contributed by atoms with E-state index in [-0.39, 0.29) is 23.6 Å². The summed E-state index contributed by atoms with van der Waals surface area (Å²) >= 11 is 0. The predicted octanol–water partition coefficient (Wildman–Crippen LogP) is 3.87. The molecule has 0 unspecified atom stereocenters. The zero-order chi connectivity index (χ0) is 27.5. The molecule has 2 N–H and O–H groups in total. The lowest BCUT2D eigenvalue weighted by Crippen LogP contribution is -2.43. The number of fused-ring (bicyclic) bond motifs is 1. The molecule has 1 amide bonds. The van der Waals surface area contributed by atoms with Crippen molar-refractivity contribution in [3.63, 3.8) is 0 Å². The van der Waals surface area contributed by atoms with E-state index in [1.165, 1.54) is 4.57 Å². The Balaban J connectivity index is 1.42. The van der Waals surface area contributed by atoms with Gasteiger partial charge in [-0.25, -0.2) is 9.97 Å². The van der Waals surface area contributed by atoms with Gasteiger partial charge < -0.3 is 29.6 Å². The average Bonchev–Trinajstić information content (AvgIpc) is 2.91. The number of nitrogens with zero attached hydrogens (tertiary/aromatic N) is 4. The molecule has 1 aliphatic carbocycles. The fraction of sp³-hybridized carbons (Fsp3) is 0.448. The van der Waals surface area contributed by atoms with Gasteiger partial charge in [-0.2, -0.15) is 0 Å². The van der Waals surface area contributed by atoms with Crippen molar-refractivity contribution in [1.29, 1.82) is 0 Å². The van der Waals surface area contributed by atoms with Crippen LogP contribution < -0.4 is 25.7 Å². The minimum atomic E-state index is -0.206. The molecule has 2 aliphatic rings. The Morgan fingerprint density at radius 2 is 1.92 bits per heavy atom. The molecule has 1 saturated heterocycles. The zero-order valence-electron chi connectivity index (χ0n) is 23.0. The van der Waals surface area contributed by atoms with Crippen LogP contribution in [0.2, 0.25) is 0 Å². The highest BCUT2D eigenvalue weighted by Gasteiger charge is 2.25. The van der Waals surface area contributed by atoms with Crippen LogP contribution in [0.15, 0.2) is 35.3 Å². The summed E-state index contributed by atoms with van der Waals surface area (Å²) in [5, 5.41) is 6.36. The molecule has 10 heteroatoms. The molecule has 2 fully saturated rings. The molecule has 3 aromatic rings. The van der Waals surface area contributed by atoms with Crippen LogP contribution in [0.1, 0.15) is 54.9 Å². The van der Waals surface area contributed by atoms with E-state index in [0.29, 0.717) is 45.3 Å². The number of methoxy groups -OCH3 is 1. The summed E-state index contributed by atoms with van der Waals surface area (Å²) in [7, 11) is 5.36. The maximum atomic E-state index is 13.1. The third kappa shape index (κ3) is 5.61. The fourth-order valence-corrected chi connectivity index (χ4v) is 4.93. The number of rotatable bonds is 8. The monoisotopic (exact) mass is 532 g/mol. The molecule has 39 heavy (non-hydrogen) atoms. The van der Waals surface area contributed by atoms with Crippen LogP contribution in [-0.2, 0) is 7.05 Å². The molecule has 0 bridgehead atoms. The first-order valence-corrected chi connectivity index (χ1v) is 13.5. The van der Waals surface area contributed by atoms with E-state index >= 15 is 0 Å². The lowest BCUT2D eigenvalue weighted by molar-refractivity contribution is 0.0916. The fourth-order valence-electron chi connectivity index (χ4n) is 4.93. The van der Waals surface area contributed by atoms with Gasteiger partial charge in [0.15, 0.2) is 5.75 Å². The van der Waals surface area contributed by atoms with Gasteiger partial charge in [-0.05, 0) is 77.4 Å². The van der Waals surface area contributed by atoms with Crippen molar-refractivity contribution in [2.24, 2.45) is 7.05 Å². The average molecular weight is 533 g/mol. The number of allylic oxidation sites excluding steroid dienone is 1. The molecule has 206 valence electrons. The summed E-state index contributed by atoms with van der Waals surface area (Å²) in [4.78, 5) is 37.5. The smallest absolute Gasteiger partial charge is 0.293 e. The Bertz CT molecular complexity index is 1450. The first-order valence-electron chi connectivity index (χ1n) is 13.5. The highest BCUT2D eigenvalue weighted by atomic mass is 16.5. The number of amides is 1. The largest absolute Gasteiger partial charge is 0.495 e. The highest BCUT2D eigenvalue weighted by molar-refractivity contribution is 5.95. The SMILES string of the molecule is CC=Cc1c(OC2CCC2)c(=O)n(C)c2cnc(Nc3ccc(C(=O)NC4CCN(C)CC4)cc3OC)nc12. The van der Waals surface area contributed by atoms with Gasteiger partial charge in [-0.15, -0.1) is 0 Å².